The van der Waals surface area contributed by atoms with Gasteiger partial charge in [0, 0.05) is 33.9 Å². The standard InChI is InChI=1S/C19H14ClN3OS/c1-12-21-10-11-23(12)14-8-6-13(7-9-14)22-19(24)18-17(20)15-4-2-3-5-16(15)25-18/h2-11H,1H3,(H,22,24). The molecule has 0 radical (unpaired) electrons. The number of thiophene rings is 1. The van der Waals surface area contributed by atoms with Crippen molar-refractivity contribution in [2.45, 2.75) is 6.92 Å². The van der Waals surface area contributed by atoms with Gasteiger partial charge in [-0.25, -0.2) is 4.98 Å². The largest absolute Gasteiger partial charge is 0.321 e. The Hall–Kier alpha value is -2.63. The Balaban J connectivity index is 1.58. The van der Waals surface area contributed by atoms with E-state index in [1.165, 1.54) is 11.3 Å². The molecule has 0 saturated carbocycles. The summed E-state index contributed by atoms with van der Waals surface area (Å²) in [5, 5.41) is 4.32. The maximum Gasteiger partial charge on any atom is 0.267 e. The predicted octanol–water partition coefficient (Wildman–Crippen LogP) is 5.30. The number of amides is 1. The topological polar surface area (TPSA) is 46.9 Å². The Labute approximate surface area is 153 Å². The summed E-state index contributed by atoms with van der Waals surface area (Å²) in [6.07, 6.45) is 3.66. The first-order chi connectivity index (χ1) is 12.1. The van der Waals surface area contributed by atoms with E-state index in [2.05, 4.69) is 10.3 Å². The Morgan fingerprint density at radius 2 is 1.92 bits per heavy atom. The van der Waals surface area contributed by atoms with Gasteiger partial charge in [0.1, 0.15) is 10.7 Å². The van der Waals surface area contributed by atoms with E-state index in [4.69, 9.17) is 11.6 Å². The van der Waals surface area contributed by atoms with Crippen LogP contribution in [0.2, 0.25) is 5.02 Å². The molecule has 124 valence electrons. The lowest BCUT2D eigenvalue weighted by molar-refractivity contribution is 0.103. The molecule has 0 aliphatic rings. The number of anilines is 1. The maximum absolute atomic E-state index is 12.6. The maximum atomic E-state index is 12.6. The quantitative estimate of drug-likeness (QED) is 0.534. The number of rotatable bonds is 3. The molecule has 2 aromatic heterocycles. The molecule has 0 fully saturated rings. The number of imidazole rings is 1. The van der Waals surface area contributed by atoms with E-state index in [9.17, 15) is 4.79 Å². The van der Waals surface area contributed by atoms with E-state index >= 15 is 0 Å². The Bertz CT molecular complexity index is 1070. The van der Waals surface area contributed by atoms with Gasteiger partial charge in [0.05, 0.1) is 5.02 Å². The molecule has 6 heteroatoms. The minimum absolute atomic E-state index is 0.197. The smallest absolute Gasteiger partial charge is 0.267 e. The molecule has 1 N–H and O–H groups in total. The third kappa shape index (κ3) is 2.92. The molecule has 2 aromatic carbocycles. The fraction of sp³-hybridized carbons (Fsp3) is 0.0526. The normalized spacial score (nSPS) is 11.0. The Kier molecular flexibility index (Phi) is 4.03. The fourth-order valence-corrected chi connectivity index (χ4v) is 4.12. The SMILES string of the molecule is Cc1nccn1-c1ccc(NC(=O)c2sc3ccccc3c2Cl)cc1. The minimum Gasteiger partial charge on any atom is -0.321 e. The molecule has 2 heterocycles. The zero-order valence-corrected chi connectivity index (χ0v) is 14.9. The molecule has 0 atom stereocenters. The second-order valence-electron chi connectivity index (χ2n) is 5.59. The number of carbonyl (C=O) groups is 1. The van der Waals surface area contributed by atoms with Crippen LogP contribution < -0.4 is 5.32 Å². The molecule has 4 rings (SSSR count). The van der Waals surface area contributed by atoms with E-state index < -0.39 is 0 Å². The summed E-state index contributed by atoms with van der Waals surface area (Å²) < 4.78 is 2.98. The number of benzene rings is 2. The van der Waals surface area contributed by atoms with Crippen LogP contribution in [0.5, 0.6) is 0 Å². The molecule has 0 spiro atoms. The number of fused-ring (bicyclic) bond motifs is 1. The first kappa shape index (κ1) is 15.9. The van der Waals surface area contributed by atoms with Crippen molar-refractivity contribution in [2.24, 2.45) is 0 Å². The van der Waals surface area contributed by atoms with Crippen molar-refractivity contribution < 1.29 is 4.79 Å². The van der Waals surface area contributed by atoms with Gasteiger partial charge < -0.3 is 9.88 Å². The third-order valence-electron chi connectivity index (χ3n) is 3.97. The summed E-state index contributed by atoms with van der Waals surface area (Å²) in [5.41, 5.74) is 1.72. The van der Waals surface area contributed by atoms with Crippen LogP contribution in [-0.2, 0) is 0 Å². The lowest BCUT2D eigenvalue weighted by Gasteiger charge is -2.08. The molecular weight excluding hydrogens is 354 g/mol. The van der Waals surface area contributed by atoms with E-state index in [0.29, 0.717) is 9.90 Å². The zero-order valence-electron chi connectivity index (χ0n) is 13.4. The van der Waals surface area contributed by atoms with E-state index in [-0.39, 0.29) is 5.91 Å². The van der Waals surface area contributed by atoms with Crippen molar-refractivity contribution in [3.05, 3.63) is 76.6 Å². The monoisotopic (exact) mass is 367 g/mol. The first-order valence-corrected chi connectivity index (χ1v) is 8.92. The van der Waals surface area contributed by atoms with E-state index in [1.54, 1.807) is 6.20 Å². The molecule has 4 aromatic rings. The van der Waals surface area contributed by atoms with Crippen molar-refractivity contribution in [3.8, 4) is 5.69 Å². The molecule has 0 unspecified atom stereocenters. The van der Waals surface area contributed by atoms with Crippen LogP contribution in [0.3, 0.4) is 0 Å². The average molecular weight is 368 g/mol. The van der Waals surface area contributed by atoms with E-state index in [0.717, 1.165) is 27.3 Å². The third-order valence-corrected chi connectivity index (χ3v) is 5.64. The van der Waals surface area contributed by atoms with Gasteiger partial charge in [-0.1, -0.05) is 29.8 Å². The lowest BCUT2D eigenvalue weighted by atomic mass is 10.2. The molecule has 1 amide bonds. The van der Waals surface area contributed by atoms with Gasteiger partial charge in [-0.05, 0) is 37.3 Å². The van der Waals surface area contributed by atoms with Gasteiger partial charge in [-0.2, -0.15) is 0 Å². The van der Waals surface area contributed by atoms with Crippen LogP contribution >= 0.6 is 22.9 Å². The second kappa shape index (κ2) is 6.35. The molecular formula is C19H14ClN3OS. The Morgan fingerprint density at radius 1 is 1.16 bits per heavy atom. The predicted molar refractivity (Wildman–Crippen MR) is 103 cm³/mol. The van der Waals surface area contributed by atoms with Crippen LogP contribution in [-0.4, -0.2) is 15.5 Å². The first-order valence-electron chi connectivity index (χ1n) is 7.72. The number of halogens is 1. The van der Waals surface area contributed by atoms with Gasteiger partial charge in [0.15, 0.2) is 0 Å². The number of hydrogen-bond acceptors (Lipinski definition) is 3. The van der Waals surface area contributed by atoms with E-state index in [1.807, 2.05) is 66.2 Å². The molecule has 0 aliphatic carbocycles. The summed E-state index contributed by atoms with van der Waals surface area (Å²) >= 11 is 7.77. The van der Waals surface area contributed by atoms with Gasteiger partial charge in [-0.15, -0.1) is 11.3 Å². The molecule has 0 aliphatic heterocycles. The van der Waals surface area contributed by atoms with Gasteiger partial charge >= 0.3 is 0 Å². The summed E-state index contributed by atoms with van der Waals surface area (Å²) in [6.45, 7) is 1.94. The van der Waals surface area contributed by atoms with Crippen LogP contribution in [0, 0.1) is 6.92 Å². The molecule has 4 nitrogen and oxygen atoms in total. The highest BCUT2D eigenvalue weighted by atomic mass is 35.5. The van der Waals surface area contributed by atoms with Crippen molar-refractivity contribution in [3.63, 3.8) is 0 Å². The Morgan fingerprint density at radius 3 is 2.60 bits per heavy atom. The van der Waals surface area contributed by atoms with Crippen LogP contribution in [0.25, 0.3) is 15.8 Å². The fourth-order valence-electron chi connectivity index (χ4n) is 2.70. The van der Waals surface area contributed by atoms with Gasteiger partial charge in [0.25, 0.3) is 5.91 Å². The molecule has 25 heavy (non-hydrogen) atoms. The highest BCUT2D eigenvalue weighted by molar-refractivity contribution is 7.21. The second-order valence-corrected chi connectivity index (χ2v) is 7.02. The lowest BCUT2D eigenvalue weighted by Crippen LogP contribution is -2.10. The number of carbonyl (C=O) groups excluding carboxylic acids is 1. The average Bonchev–Trinajstić information content (AvgIpc) is 3.20. The van der Waals surface area contributed by atoms with Crippen molar-refractivity contribution in [2.75, 3.05) is 5.32 Å². The van der Waals surface area contributed by atoms with Gasteiger partial charge in [0.2, 0.25) is 0 Å². The zero-order chi connectivity index (χ0) is 17.4. The van der Waals surface area contributed by atoms with Gasteiger partial charge in [-0.3, -0.25) is 4.79 Å². The molecule has 0 saturated heterocycles. The number of nitrogens with zero attached hydrogens (tertiary/aromatic N) is 2. The van der Waals surface area contributed by atoms with Crippen LogP contribution in [0.1, 0.15) is 15.5 Å². The highest BCUT2D eigenvalue weighted by Crippen LogP contribution is 2.35. The summed E-state index contributed by atoms with van der Waals surface area (Å²) in [4.78, 5) is 17.3. The number of nitrogens with one attached hydrogen (secondary N) is 1. The summed E-state index contributed by atoms with van der Waals surface area (Å²) in [6, 6.07) is 15.4. The molecule has 0 bridgehead atoms. The van der Waals surface area contributed by atoms with Crippen LogP contribution in [0.4, 0.5) is 5.69 Å². The summed E-state index contributed by atoms with van der Waals surface area (Å²) in [5.74, 6) is 0.714. The van der Waals surface area contributed by atoms with Crippen molar-refractivity contribution in [1.82, 2.24) is 9.55 Å². The summed E-state index contributed by atoms with van der Waals surface area (Å²) in [7, 11) is 0. The van der Waals surface area contributed by atoms with Crippen molar-refractivity contribution >= 4 is 44.6 Å². The minimum atomic E-state index is -0.197. The highest BCUT2D eigenvalue weighted by Gasteiger charge is 2.17. The number of hydrogen-bond donors (Lipinski definition) is 1. The van der Waals surface area contributed by atoms with Crippen LogP contribution in [0.15, 0.2) is 60.9 Å². The number of aromatic nitrogens is 2. The van der Waals surface area contributed by atoms with Crippen molar-refractivity contribution in [1.29, 1.82) is 0 Å². The number of aryl methyl sites for hydroxylation is 1.